The Morgan fingerprint density at radius 1 is 1.25 bits per heavy atom. The molecule has 1 amide bonds. The molecule has 1 N–H and O–H groups in total. The van der Waals surface area contributed by atoms with Crippen LogP contribution in [0.25, 0.3) is 0 Å². The molecule has 3 nitrogen and oxygen atoms in total. The third-order valence-electron chi connectivity index (χ3n) is 4.06. The first-order valence-electron chi connectivity index (χ1n) is 7.73. The van der Waals surface area contributed by atoms with Gasteiger partial charge in [-0.1, -0.05) is 49.9 Å². The molecular weight excluding hydrogens is 248 g/mol. The molecule has 0 saturated carbocycles. The smallest absolute Gasteiger partial charge is 0.238 e. The van der Waals surface area contributed by atoms with Crippen LogP contribution < -0.4 is 5.32 Å². The van der Waals surface area contributed by atoms with Crippen LogP contribution in [0.2, 0.25) is 0 Å². The Kier molecular flexibility index (Phi) is 5.18. The number of rotatable bonds is 6. The summed E-state index contributed by atoms with van der Waals surface area (Å²) in [6, 6.07) is 6.47. The molecule has 1 aliphatic rings. The van der Waals surface area contributed by atoms with Gasteiger partial charge in [-0.2, -0.15) is 0 Å². The lowest BCUT2D eigenvalue weighted by atomic mass is 10.0. The van der Waals surface area contributed by atoms with Gasteiger partial charge in [0.2, 0.25) is 5.91 Å². The first-order valence-corrected chi connectivity index (χ1v) is 7.73. The van der Waals surface area contributed by atoms with Crippen LogP contribution in [0.15, 0.2) is 18.2 Å². The van der Waals surface area contributed by atoms with Crippen LogP contribution in [0.1, 0.15) is 55.5 Å². The lowest BCUT2D eigenvalue weighted by molar-refractivity contribution is -0.128. The molecule has 1 aromatic rings. The Balaban J connectivity index is 2.09. The number of nitrogens with zero attached hydrogens (tertiary/aromatic N) is 1. The van der Waals surface area contributed by atoms with E-state index in [1.54, 1.807) is 0 Å². The monoisotopic (exact) mass is 274 g/mol. The lowest BCUT2D eigenvalue weighted by Crippen LogP contribution is -2.31. The van der Waals surface area contributed by atoms with Crippen LogP contribution in [-0.2, 0) is 4.79 Å². The molecule has 1 saturated heterocycles. The SMILES string of the molecule is CCCCCCN1C(=O)CNC1c1cc(C)ccc1C. The highest BCUT2D eigenvalue weighted by atomic mass is 16.2. The van der Waals surface area contributed by atoms with E-state index in [1.807, 2.05) is 4.90 Å². The molecule has 1 unspecified atom stereocenters. The Labute approximate surface area is 122 Å². The average molecular weight is 274 g/mol. The standard InChI is InChI=1S/C17H26N2O/c1-4-5-6-7-10-19-16(20)12-18-17(19)15-11-13(2)8-9-14(15)3/h8-9,11,17-18H,4-7,10,12H2,1-3H3. The zero-order valence-corrected chi connectivity index (χ0v) is 12.9. The predicted molar refractivity (Wildman–Crippen MR) is 82.5 cm³/mol. The molecule has 1 heterocycles. The number of carbonyl (C=O) groups is 1. The summed E-state index contributed by atoms with van der Waals surface area (Å²) in [7, 11) is 0. The topological polar surface area (TPSA) is 32.3 Å². The molecule has 0 radical (unpaired) electrons. The van der Waals surface area contributed by atoms with Crippen molar-refractivity contribution in [2.24, 2.45) is 0 Å². The summed E-state index contributed by atoms with van der Waals surface area (Å²) in [6.07, 6.45) is 4.85. The second-order valence-electron chi connectivity index (χ2n) is 5.79. The Morgan fingerprint density at radius 2 is 2.05 bits per heavy atom. The van der Waals surface area contributed by atoms with Crippen molar-refractivity contribution in [2.75, 3.05) is 13.1 Å². The maximum Gasteiger partial charge on any atom is 0.238 e. The van der Waals surface area contributed by atoms with E-state index < -0.39 is 0 Å². The molecule has 1 aromatic carbocycles. The second-order valence-corrected chi connectivity index (χ2v) is 5.79. The van der Waals surface area contributed by atoms with Crippen LogP contribution in [0.4, 0.5) is 0 Å². The Hall–Kier alpha value is -1.35. The molecule has 2 rings (SSSR count). The van der Waals surface area contributed by atoms with E-state index in [1.165, 1.54) is 36.0 Å². The minimum absolute atomic E-state index is 0.0593. The van der Waals surface area contributed by atoms with Crippen LogP contribution in [-0.4, -0.2) is 23.9 Å². The summed E-state index contributed by atoms with van der Waals surface area (Å²) >= 11 is 0. The van der Waals surface area contributed by atoms with E-state index in [0.717, 1.165) is 13.0 Å². The van der Waals surface area contributed by atoms with Crippen molar-refractivity contribution in [3.05, 3.63) is 34.9 Å². The number of benzene rings is 1. The van der Waals surface area contributed by atoms with Crippen molar-refractivity contribution in [1.29, 1.82) is 0 Å². The number of carbonyl (C=O) groups excluding carboxylic acids is 1. The van der Waals surface area contributed by atoms with Crippen molar-refractivity contribution < 1.29 is 4.79 Å². The van der Waals surface area contributed by atoms with E-state index in [0.29, 0.717) is 6.54 Å². The van der Waals surface area contributed by atoms with E-state index >= 15 is 0 Å². The van der Waals surface area contributed by atoms with E-state index in [9.17, 15) is 4.79 Å². The van der Waals surface area contributed by atoms with Gasteiger partial charge >= 0.3 is 0 Å². The summed E-state index contributed by atoms with van der Waals surface area (Å²) in [5.74, 6) is 0.229. The van der Waals surface area contributed by atoms with Gasteiger partial charge in [0.15, 0.2) is 0 Å². The predicted octanol–water partition coefficient (Wildman–Crippen LogP) is 3.31. The summed E-state index contributed by atoms with van der Waals surface area (Å²) < 4.78 is 0. The quantitative estimate of drug-likeness (QED) is 0.807. The van der Waals surface area contributed by atoms with Crippen molar-refractivity contribution >= 4 is 5.91 Å². The lowest BCUT2D eigenvalue weighted by Gasteiger charge is -2.26. The van der Waals surface area contributed by atoms with E-state index in [-0.39, 0.29) is 12.1 Å². The summed E-state index contributed by atoms with van der Waals surface area (Å²) in [5, 5.41) is 3.36. The van der Waals surface area contributed by atoms with Crippen molar-refractivity contribution in [2.45, 2.75) is 52.6 Å². The first-order chi connectivity index (χ1) is 9.63. The third kappa shape index (κ3) is 3.40. The molecule has 0 aromatic heterocycles. The van der Waals surface area contributed by atoms with Gasteiger partial charge in [0, 0.05) is 6.54 Å². The van der Waals surface area contributed by atoms with Gasteiger partial charge in [-0.3, -0.25) is 10.1 Å². The fourth-order valence-corrected chi connectivity index (χ4v) is 2.83. The molecule has 0 bridgehead atoms. The minimum atomic E-state index is 0.0593. The Morgan fingerprint density at radius 3 is 2.80 bits per heavy atom. The molecule has 1 atom stereocenters. The molecule has 0 spiro atoms. The number of amides is 1. The molecular formula is C17H26N2O. The van der Waals surface area contributed by atoms with Gasteiger partial charge in [-0.25, -0.2) is 0 Å². The number of hydrogen-bond acceptors (Lipinski definition) is 2. The Bertz CT molecular complexity index is 470. The maximum absolute atomic E-state index is 12.1. The molecule has 0 aliphatic carbocycles. The summed E-state index contributed by atoms with van der Waals surface area (Å²) in [5.41, 5.74) is 3.74. The fraction of sp³-hybridized carbons (Fsp3) is 0.588. The van der Waals surface area contributed by atoms with Crippen LogP contribution in [0.5, 0.6) is 0 Å². The zero-order valence-electron chi connectivity index (χ0n) is 12.9. The number of unbranched alkanes of at least 4 members (excludes halogenated alkanes) is 3. The molecule has 3 heteroatoms. The first kappa shape index (κ1) is 15.0. The van der Waals surface area contributed by atoms with Gasteiger partial charge in [0.05, 0.1) is 6.54 Å². The minimum Gasteiger partial charge on any atom is -0.322 e. The van der Waals surface area contributed by atoms with Gasteiger partial charge in [0.25, 0.3) is 0 Å². The van der Waals surface area contributed by atoms with Crippen molar-refractivity contribution in [3.8, 4) is 0 Å². The summed E-state index contributed by atoms with van der Waals surface area (Å²) in [6.45, 7) is 7.76. The molecule has 20 heavy (non-hydrogen) atoms. The normalized spacial score (nSPS) is 18.9. The van der Waals surface area contributed by atoms with Crippen LogP contribution in [0, 0.1) is 13.8 Å². The highest BCUT2D eigenvalue weighted by Crippen LogP contribution is 2.26. The number of nitrogens with one attached hydrogen (secondary N) is 1. The van der Waals surface area contributed by atoms with Gasteiger partial charge in [0.1, 0.15) is 6.17 Å². The van der Waals surface area contributed by atoms with Gasteiger partial charge in [-0.05, 0) is 31.4 Å². The van der Waals surface area contributed by atoms with E-state index in [2.05, 4.69) is 44.3 Å². The zero-order chi connectivity index (χ0) is 14.5. The van der Waals surface area contributed by atoms with Gasteiger partial charge in [-0.15, -0.1) is 0 Å². The van der Waals surface area contributed by atoms with Crippen molar-refractivity contribution in [3.63, 3.8) is 0 Å². The summed E-state index contributed by atoms with van der Waals surface area (Å²) in [4.78, 5) is 14.1. The van der Waals surface area contributed by atoms with Gasteiger partial charge < -0.3 is 4.90 Å². The third-order valence-corrected chi connectivity index (χ3v) is 4.06. The maximum atomic E-state index is 12.1. The molecule has 1 aliphatic heterocycles. The largest absolute Gasteiger partial charge is 0.322 e. The fourth-order valence-electron chi connectivity index (χ4n) is 2.83. The highest BCUT2D eigenvalue weighted by molar-refractivity contribution is 5.81. The van der Waals surface area contributed by atoms with Crippen molar-refractivity contribution in [1.82, 2.24) is 10.2 Å². The average Bonchev–Trinajstić information content (AvgIpc) is 2.79. The van der Waals surface area contributed by atoms with E-state index in [4.69, 9.17) is 0 Å². The second kappa shape index (κ2) is 6.89. The number of hydrogen-bond donors (Lipinski definition) is 1. The highest BCUT2D eigenvalue weighted by Gasteiger charge is 2.31. The number of aryl methyl sites for hydroxylation is 2. The molecule has 1 fully saturated rings. The van der Waals surface area contributed by atoms with Crippen LogP contribution in [0.3, 0.4) is 0 Å². The van der Waals surface area contributed by atoms with Crippen LogP contribution >= 0.6 is 0 Å². The molecule has 110 valence electrons.